The monoisotopic (exact) mass is 703 g/mol. The highest BCUT2D eigenvalue weighted by atomic mass is 79.9. The lowest BCUT2D eigenvalue weighted by Gasteiger charge is -2.34. The molecule has 1 aliphatic rings. The van der Waals surface area contributed by atoms with Gasteiger partial charge in [0.15, 0.2) is 0 Å². The molecule has 240 valence electrons. The van der Waals surface area contributed by atoms with Crippen LogP contribution in [-0.4, -0.2) is 50.9 Å². The molecule has 1 saturated carbocycles. The van der Waals surface area contributed by atoms with Gasteiger partial charge in [0.1, 0.15) is 18.3 Å². The number of ether oxygens (including phenoxy) is 1. The number of nitrogens with one attached hydrogen (secondary N) is 1. The second-order valence-electron chi connectivity index (χ2n) is 11.3. The highest BCUT2D eigenvalue weighted by molar-refractivity contribution is 9.10. The standard InChI is InChI=1S/C36H38BrN3O5S/c1-45-34-22-11-10-21-32(34)40(46(43,44)31-19-6-3-7-20-31)26-35(41)39(25-28-15-12-16-29(37)23-28)33(24-27-13-4-2-5-14-27)36(42)38-30-17-8-9-18-30/h2-7,10-16,19-23,30,33H,8-9,17-18,24-26H2,1H3,(H,38,42)/t33-/m1/s1. The Morgan fingerprint density at radius 3 is 2.17 bits per heavy atom. The molecule has 10 heteroatoms. The lowest BCUT2D eigenvalue weighted by molar-refractivity contribution is -0.140. The Kier molecular flexibility index (Phi) is 11.1. The van der Waals surface area contributed by atoms with E-state index in [9.17, 15) is 18.0 Å². The van der Waals surface area contributed by atoms with Crippen LogP contribution >= 0.6 is 15.9 Å². The van der Waals surface area contributed by atoms with Crippen molar-refractivity contribution in [2.24, 2.45) is 0 Å². The third kappa shape index (κ3) is 8.16. The topological polar surface area (TPSA) is 96.0 Å². The Labute approximate surface area is 279 Å². The first-order valence-electron chi connectivity index (χ1n) is 15.4. The minimum atomic E-state index is -4.22. The molecule has 0 spiro atoms. The molecular weight excluding hydrogens is 666 g/mol. The van der Waals surface area contributed by atoms with Gasteiger partial charge in [-0.25, -0.2) is 8.42 Å². The first kappa shape index (κ1) is 33.2. The fourth-order valence-corrected chi connectivity index (χ4v) is 7.71. The fourth-order valence-electron chi connectivity index (χ4n) is 5.82. The number of hydrogen-bond donors (Lipinski definition) is 1. The van der Waals surface area contributed by atoms with Gasteiger partial charge in [-0.1, -0.05) is 102 Å². The van der Waals surface area contributed by atoms with Crippen LogP contribution in [0.1, 0.15) is 36.8 Å². The molecule has 8 nitrogen and oxygen atoms in total. The summed E-state index contributed by atoms with van der Waals surface area (Å²) in [5, 5.41) is 3.20. The van der Waals surface area contributed by atoms with E-state index in [2.05, 4.69) is 21.2 Å². The van der Waals surface area contributed by atoms with Crippen LogP contribution in [0.2, 0.25) is 0 Å². The molecule has 2 amide bonds. The van der Waals surface area contributed by atoms with Crippen LogP contribution in [0.4, 0.5) is 5.69 Å². The van der Waals surface area contributed by atoms with Crippen LogP contribution in [0.15, 0.2) is 119 Å². The highest BCUT2D eigenvalue weighted by Crippen LogP contribution is 2.33. The summed E-state index contributed by atoms with van der Waals surface area (Å²) < 4.78 is 35.9. The van der Waals surface area contributed by atoms with Gasteiger partial charge in [-0.05, 0) is 60.4 Å². The summed E-state index contributed by atoms with van der Waals surface area (Å²) in [7, 11) is -2.77. The minimum absolute atomic E-state index is 0.0343. The van der Waals surface area contributed by atoms with Gasteiger partial charge in [0, 0.05) is 23.5 Å². The van der Waals surface area contributed by atoms with Gasteiger partial charge in [0.05, 0.1) is 17.7 Å². The average molecular weight is 705 g/mol. The largest absolute Gasteiger partial charge is 0.495 e. The summed E-state index contributed by atoms with van der Waals surface area (Å²) in [6.45, 7) is -0.452. The smallest absolute Gasteiger partial charge is 0.264 e. The Balaban J connectivity index is 1.58. The molecule has 0 aliphatic heterocycles. The fraction of sp³-hybridized carbons (Fsp3) is 0.278. The van der Waals surface area contributed by atoms with Crippen LogP contribution < -0.4 is 14.4 Å². The number of sulfonamides is 1. The molecule has 1 atom stereocenters. The van der Waals surface area contributed by atoms with E-state index >= 15 is 0 Å². The number of nitrogens with zero attached hydrogens (tertiary/aromatic N) is 2. The van der Waals surface area contributed by atoms with Gasteiger partial charge in [0.2, 0.25) is 11.8 Å². The van der Waals surface area contributed by atoms with Gasteiger partial charge in [-0.3, -0.25) is 13.9 Å². The van der Waals surface area contributed by atoms with Crippen molar-refractivity contribution in [2.75, 3.05) is 18.0 Å². The maximum Gasteiger partial charge on any atom is 0.264 e. The number of carbonyl (C=O) groups is 2. The van der Waals surface area contributed by atoms with Crippen molar-refractivity contribution < 1.29 is 22.7 Å². The third-order valence-corrected chi connectivity index (χ3v) is 10.4. The maximum atomic E-state index is 14.7. The lowest BCUT2D eigenvalue weighted by Crippen LogP contribution is -2.54. The van der Waals surface area contributed by atoms with Crippen LogP contribution in [-0.2, 0) is 32.6 Å². The molecule has 5 rings (SSSR count). The number of benzene rings is 4. The van der Waals surface area contributed by atoms with E-state index in [4.69, 9.17) is 4.74 Å². The Morgan fingerprint density at radius 2 is 1.50 bits per heavy atom. The molecule has 0 unspecified atom stereocenters. The summed E-state index contributed by atoms with van der Waals surface area (Å²) in [6, 6.07) is 30.9. The van der Waals surface area contributed by atoms with Gasteiger partial charge in [-0.15, -0.1) is 0 Å². The van der Waals surface area contributed by atoms with E-state index in [1.165, 1.54) is 24.1 Å². The number of halogens is 1. The van der Waals surface area contributed by atoms with E-state index in [0.717, 1.165) is 45.6 Å². The summed E-state index contributed by atoms with van der Waals surface area (Å²) >= 11 is 3.52. The molecule has 4 aromatic rings. The van der Waals surface area contributed by atoms with Crippen molar-refractivity contribution >= 4 is 43.5 Å². The molecule has 1 aliphatic carbocycles. The molecular formula is C36H38BrN3O5S. The van der Waals surface area contributed by atoms with Gasteiger partial charge >= 0.3 is 0 Å². The average Bonchev–Trinajstić information content (AvgIpc) is 3.59. The number of hydrogen-bond acceptors (Lipinski definition) is 5. The normalized spacial score (nSPS) is 14.0. The zero-order chi connectivity index (χ0) is 32.5. The van der Waals surface area contributed by atoms with Crippen molar-refractivity contribution in [3.8, 4) is 5.75 Å². The summed E-state index contributed by atoms with van der Waals surface area (Å²) in [5.74, 6) is -0.477. The summed E-state index contributed by atoms with van der Waals surface area (Å²) in [6.07, 6.45) is 4.13. The predicted molar refractivity (Wildman–Crippen MR) is 183 cm³/mol. The molecule has 0 aromatic heterocycles. The van der Waals surface area contributed by atoms with Crippen molar-refractivity contribution in [2.45, 2.75) is 55.6 Å². The minimum Gasteiger partial charge on any atom is -0.495 e. The van der Waals surface area contributed by atoms with E-state index in [-0.39, 0.29) is 35.5 Å². The molecule has 0 heterocycles. The number of carbonyl (C=O) groups excluding carboxylic acids is 2. The van der Waals surface area contributed by atoms with E-state index in [1.807, 2.05) is 54.6 Å². The zero-order valence-corrected chi connectivity index (χ0v) is 28.1. The first-order valence-corrected chi connectivity index (χ1v) is 17.6. The second kappa shape index (κ2) is 15.4. The molecule has 0 saturated heterocycles. The van der Waals surface area contributed by atoms with Crippen LogP contribution in [0, 0.1) is 0 Å². The second-order valence-corrected chi connectivity index (χ2v) is 14.1. The molecule has 4 aromatic carbocycles. The molecule has 0 radical (unpaired) electrons. The van der Waals surface area contributed by atoms with Gasteiger partial charge in [-0.2, -0.15) is 0 Å². The van der Waals surface area contributed by atoms with Gasteiger partial charge < -0.3 is 15.0 Å². The van der Waals surface area contributed by atoms with Crippen LogP contribution in [0.25, 0.3) is 0 Å². The van der Waals surface area contributed by atoms with Crippen LogP contribution in [0.3, 0.4) is 0 Å². The SMILES string of the molecule is COc1ccccc1N(CC(=O)N(Cc1cccc(Br)c1)[C@H](Cc1ccccc1)C(=O)NC1CCCC1)S(=O)(=O)c1ccccc1. The van der Waals surface area contributed by atoms with Crippen molar-refractivity contribution in [1.29, 1.82) is 0 Å². The maximum absolute atomic E-state index is 14.7. The summed E-state index contributed by atoms with van der Waals surface area (Å²) in [4.78, 5) is 30.3. The number of methoxy groups -OCH3 is 1. The van der Waals surface area contributed by atoms with Crippen molar-refractivity contribution in [1.82, 2.24) is 10.2 Å². The van der Waals surface area contributed by atoms with Crippen molar-refractivity contribution in [3.05, 3.63) is 125 Å². The first-order chi connectivity index (χ1) is 22.3. The zero-order valence-electron chi connectivity index (χ0n) is 25.7. The summed E-state index contributed by atoms with van der Waals surface area (Å²) in [5.41, 5.74) is 1.91. The molecule has 1 N–H and O–H groups in total. The van der Waals surface area contributed by atoms with Gasteiger partial charge in [0.25, 0.3) is 10.0 Å². The number of anilines is 1. The Morgan fingerprint density at radius 1 is 0.870 bits per heavy atom. The number of amides is 2. The molecule has 1 fully saturated rings. The number of rotatable bonds is 13. The van der Waals surface area contributed by atoms with Crippen molar-refractivity contribution in [3.63, 3.8) is 0 Å². The van der Waals surface area contributed by atoms with E-state index in [1.54, 1.807) is 42.5 Å². The predicted octanol–water partition coefficient (Wildman–Crippen LogP) is 6.35. The molecule has 0 bridgehead atoms. The third-order valence-electron chi connectivity index (χ3n) is 8.18. The number of para-hydroxylation sites is 2. The Hall–Kier alpha value is -4.15. The highest BCUT2D eigenvalue weighted by Gasteiger charge is 2.36. The van der Waals surface area contributed by atoms with E-state index < -0.39 is 28.5 Å². The Bertz CT molecular complexity index is 1730. The molecule has 46 heavy (non-hydrogen) atoms. The lowest BCUT2D eigenvalue weighted by atomic mass is 10.0. The van der Waals surface area contributed by atoms with E-state index in [0.29, 0.717) is 5.75 Å². The van der Waals surface area contributed by atoms with Crippen LogP contribution in [0.5, 0.6) is 5.75 Å². The quantitative estimate of drug-likeness (QED) is 0.175.